The van der Waals surface area contributed by atoms with E-state index in [-0.39, 0.29) is 0 Å². The number of thioether (sulfide) groups is 1. The van der Waals surface area contributed by atoms with Crippen LogP contribution in [0.4, 0.5) is 0 Å². The second-order valence-electron chi connectivity index (χ2n) is 4.07. The van der Waals surface area contributed by atoms with Crippen LogP contribution in [-0.4, -0.2) is 16.7 Å². The third kappa shape index (κ3) is 3.58. The zero-order chi connectivity index (χ0) is 12.8. The van der Waals surface area contributed by atoms with E-state index < -0.39 is 0 Å². The SMILES string of the molecule is Cc1ccccc1CSc1nnc(CCCN)o1. The second kappa shape index (κ2) is 6.56. The van der Waals surface area contributed by atoms with Crippen LogP contribution in [0.3, 0.4) is 0 Å². The Hall–Kier alpha value is -1.33. The van der Waals surface area contributed by atoms with Crippen molar-refractivity contribution < 1.29 is 4.42 Å². The van der Waals surface area contributed by atoms with Crippen LogP contribution in [0.5, 0.6) is 0 Å². The van der Waals surface area contributed by atoms with E-state index in [0.29, 0.717) is 17.7 Å². The molecule has 2 N–H and O–H groups in total. The van der Waals surface area contributed by atoms with Gasteiger partial charge in [0.15, 0.2) is 0 Å². The van der Waals surface area contributed by atoms with Crippen LogP contribution in [0.15, 0.2) is 33.9 Å². The molecule has 1 heterocycles. The van der Waals surface area contributed by atoms with Gasteiger partial charge in [0.25, 0.3) is 5.22 Å². The Kier molecular flexibility index (Phi) is 4.78. The molecule has 5 heteroatoms. The summed E-state index contributed by atoms with van der Waals surface area (Å²) < 4.78 is 5.53. The molecular formula is C13H17N3OS. The first-order valence-corrected chi connectivity index (χ1v) is 6.98. The Morgan fingerprint density at radius 3 is 2.89 bits per heavy atom. The van der Waals surface area contributed by atoms with Gasteiger partial charge in [0, 0.05) is 12.2 Å². The molecule has 0 radical (unpaired) electrons. The molecule has 96 valence electrons. The Morgan fingerprint density at radius 1 is 1.28 bits per heavy atom. The first-order chi connectivity index (χ1) is 8.79. The molecule has 0 saturated carbocycles. The number of nitrogens with two attached hydrogens (primary N) is 1. The van der Waals surface area contributed by atoms with Gasteiger partial charge in [-0.25, -0.2) is 0 Å². The summed E-state index contributed by atoms with van der Waals surface area (Å²) in [7, 11) is 0. The molecule has 1 aromatic heterocycles. The van der Waals surface area contributed by atoms with Crippen molar-refractivity contribution in [3.8, 4) is 0 Å². The van der Waals surface area contributed by atoms with Gasteiger partial charge >= 0.3 is 0 Å². The number of benzene rings is 1. The van der Waals surface area contributed by atoms with Gasteiger partial charge in [-0.1, -0.05) is 36.0 Å². The minimum atomic E-state index is 0.630. The van der Waals surface area contributed by atoms with Gasteiger partial charge < -0.3 is 10.2 Å². The third-order valence-corrected chi connectivity index (χ3v) is 3.52. The maximum absolute atomic E-state index is 5.53. The molecular weight excluding hydrogens is 246 g/mol. The van der Waals surface area contributed by atoms with E-state index in [2.05, 4.69) is 29.3 Å². The molecule has 2 rings (SSSR count). The molecule has 2 aromatic rings. The van der Waals surface area contributed by atoms with E-state index in [1.807, 2.05) is 12.1 Å². The van der Waals surface area contributed by atoms with E-state index in [0.717, 1.165) is 18.6 Å². The molecule has 0 aliphatic rings. The molecule has 0 aliphatic carbocycles. The van der Waals surface area contributed by atoms with Crippen molar-refractivity contribution in [2.75, 3.05) is 6.54 Å². The lowest BCUT2D eigenvalue weighted by Gasteiger charge is -2.02. The standard InChI is InChI=1S/C13H17N3OS/c1-10-5-2-3-6-11(10)9-18-13-16-15-12(17-13)7-4-8-14/h2-3,5-6H,4,7-9,14H2,1H3. The normalized spacial score (nSPS) is 10.8. The third-order valence-electron chi connectivity index (χ3n) is 2.66. The van der Waals surface area contributed by atoms with Gasteiger partial charge in [-0.05, 0) is 31.0 Å². The van der Waals surface area contributed by atoms with Crippen molar-refractivity contribution in [1.29, 1.82) is 0 Å². The number of aromatic nitrogens is 2. The van der Waals surface area contributed by atoms with Crippen LogP contribution < -0.4 is 5.73 Å². The molecule has 18 heavy (non-hydrogen) atoms. The minimum absolute atomic E-state index is 0.630. The molecule has 0 spiro atoms. The highest BCUT2D eigenvalue weighted by Crippen LogP contribution is 2.23. The van der Waals surface area contributed by atoms with Crippen LogP contribution in [0.1, 0.15) is 23.4 Å². The second-order valence-corrected chi connectivity index (χ2v) is 5.00. The summed E-state index contributed by atoms with van der Waals surface area (Å²) in [5, 5.41) is 8.64. The fourth-order valence-electron chi connectivity index (χ4n) is 1.56. The molecule has 0 amide bonds. The highest BCUT2D eigenvalue weighted by molar-refractivity contribution is 7.98. The lowest BCUT2D eigenvalue weighted by Crippen LogP contribution is -2.00. The zero-order valence-corrected chi connectivity index (χ0v) is 11.2. The van der Waals surface area contributed by atoms with Gasteiger partial charge in [-0.3, -0.25) is 0 Å². The lowest BCUT2D eigenvalue weighted by molar-refractivity contribution is 0.410. The molecule has 0 aliphatic heterocycles. The van der Waals surface area contributed by atoms with Gasteiger partial charge in [0.2, 0.25) is 5.89 Å². The predicted molar refractivity (Wildman–Crippen MR) is 72.4 cm³/mol. The van der Waals surface area contributed by atoms with Crippen LogP contribution in [0.25, 0.3) is 0 Å². The Balaban J connectivity index is 1.90. The maximum atomic E-state index is 5.53. The fourth-order valence-corrected chi connectivity index (χ4v) is 2.42. The molecule has 0 atom stereocenters. The van der Waals surface area contributed by atoms with Crippen molar-refractivity contribution in [1.82, 2.24) is 10.2 Å². The summed E-state index contributed by atoms with van der Waals surface area (Å²) in [5.74, 6) is 1.53. The van der Waals surface area contributed by atoms with E-state index in [1.165, 1.54) is 11.1 Å². The highest BCUT2D eigenvalue weighted by Gasteiger charge is 2.07. The average Bonchev–Trinajstić information content (AvgIpc) is 2.83. The van der Waals surface area contributed by atoms with E-state index in [1.54, 1.807) is 11.8 Å². The van der Waals surface area contributed by atoms with Crippen LogP contribution >= 0.6 is 11.8 Å². The zero-order valence-electron chi connectivity index (χ0n) is 10.4. The van der Waals surface area contributed by atoms with Crippen molar-refractivity contribution in [2.45, 2.75) is 30.7 Å². The summed E-state index contributed by atoms with van der Waals surface area (Å²) in [5.41, 5.74) is 8.02. The van der Waals surface area contributed by atoms with Crippen LogP contribution in [0.2, 0.25) is 0 Å². The van der Waals surface area contributed by atoms with Crippen LogP contribution in [0, 0.1) is 6.92 Å². The van der Waals surface area contributed by atoms with Crippen molar-refractivity contribution >= 4 is 11.8 Å². The molecule has 0 bridgehead atoms. The van der Waals surface area contributed by atoms with E-state index in [9.17, 15) is 0 Å². The first-order valence-electron chi connectivity index (χ1n) is 5.99. The molecule has 1 aromatic carbocycles. The average molecular weight is 263 g/mol. The van der Waals surface area contributed by atoms with Gasteiger partial charge in [-0.15, -0.1) is 10.2 Å². The quantitative estimate of drug-likeness (QED) is 0.811. The summed E-state index contributed by atoms with van der Waals surface area (Å²) in [6.07, 6.45) is 1.64. The topological polar surface area (TPSA) is 64.9 Å². The summed E-state index contributed by atoms with van der Waals surface area (Å²) in [6, 6.07) is 8.31. The number of aryl methyl sites for hydroxylation is 2. The number of nitrogens with zero attached hydrogens (tertiary/aromatic N) is 2. The summed E-state index contributed by atoms with van der Waals surface area (Å²) in [6.45, 7) is 2.75. The summed E-state index contributed by atoms with van der Waals surface area (Å²) in [4.78, 5) is 0. The van der Waals surface area contributed by atoms with Crippen molar-refractivity contribution in [3.63, 3.8) is 0 Å². The highest BCUT2D eigenvalue weighted by atomic mass is 32.2. The molecule has 0 fully saturated rings. The molecule has 0 saturated heterocycles. The molecule has 0 unspecified atom stereocenters. The minimum Gasteiger partial charge on any atom is -0.416 e. The van der Waals surface area contributed by atoms with Gasteiger partial charge in [0.1, 0.15) is 0 Å². The number of hydrogen-bond donors (Lipinski definition) is 1. The Labute approximate surface area is 111 Å². The van der Waals surface area contributed by atoms with E-state index >= 15 is 0 Å². The summed E-state index contributed by atoms with van der Waals surface area (Å²) >= 11 is 1.57. The maximum Gasteiger partial charge on any atom is 0.276 e. The Bertz CT molecular complexity index is 498. The monoisotopic (exact) mass is 263 g/mol. The van der Waals surface area contributed by atoms with Crippen LogP contribution in [-0.2, 0) is 12.2 Å². The molecule has 4 nitrogen and oxygen atoms in total. The Morgan fingerprint density at radius 2 is 2.11 bits per heavy atom. The number of hydrogen-bond acceptors (Lipinski definition) is 5. The lowest BCUT2D eigenvalue weighted by atomic mass is 10.1. The smallest absolute Gasteiger partial charge is 0.276 e. The van der Waals surface area contributed by atoms with E-state index in [4.69, 9.17) is 10.2 Å². The van der Waals surface area contributed by atoms with Crippen molar-refractivity contribution in [3.05, 3.63) is 41.3 Å². The largest absolute Gasteiger partial charge is 0.416 e. The van der Waals surface area contributed by atoms with Gasteiger partial charge in [-0.2, -0.15) is 0 Å². The fraction of sp³-hybridized carbons (Fsp3) is 0.385. The number of rotatable bonds is 6. The first kappa shape index (κ1) is 13.1. The van der Waals surface area contributed by atoms with Crippen molar-refractivity contribution in [2.24, 2.45) is 5.73 Å². The van der Waals surface area contributed by atoms with Gasteiger partial charge in [0.05, 0.1) is 0 Å². The predicted octanol–water partition coefficient (Wildman–Crippen LogP) is 2.56.